The van der Waals surface area contributed by atoms with Gasteiger partial charge in [-0.15, -0.1) is 0 Å². The highest BCUT2D eigenvalue weighted by molar-refractivity contribution is 7.99. The monoisotopic (exact) mass is 348 g/mol. The summed E-state index contributed by atoms with van der Waals surface area (Å²) in [6, 6.07) is 6.11. The van der Waals surface area contributed by atoms with Crippen LogP contribution in [-0.4, -0.2) is 44.5 Å². The van der Waals surface area contributed by atoms with Gasteiger partial charge in [0.05, 0.1) is 10.4 Å². The maximum Gasteiger partial charge on any atom is 0.321 e. The summed E-state index contributed by atoms with van der Waals surface area (Å²) in [5, 5.41) is 2.67. The molecule has 122 valence electrons. The lowest BCUT2D eigenvalue weighted by Gasteiger charge is -2.37. The van der Waals surface area contributed by atoms with Gasteiger partial charge in [-0.1, -0.05) is 23.9 Å². The Hall–Kier alpha value is -1.15. The minimum atomic E-state index is -2.55. The van der Waals surface area contributed by atoms with Gasteiger partial charge in [-0.2, -0.15) is 8.78 Å². The third-order valence-corrected chi connectivity index (χ3v) is 6.07. The summed E-state index contributed by atoms with van der Waals surface area (Å²) in [7, 11) is -0.971. The number of amides is 2. The lowest BCUT2D eigenvalue weighted by Crippen LogP contribution is -2.53. The molecule has 1 heterocycles. The molecule has 0 unspecified atom stereocenters. The number of rotatable bonds is 3. The number of nitrogens with zero attached hydrogens (tertiary/aromatic N) is 1. The topological polar surface area (TPSA) is 49.4 Å². The second-order valence-electron chi connectivity index (χ2n) is 5.54. The number of hydrogen-bond acceptors (Lipinski definition) is 3. The van der Waals surface area contributed by atoms with Gasteiger partial charge in [0.25, 0.3) is 5.76 Å². The second kappa shape index (κ2) is 6.95. The molecule has 1 N–H and O–H groups in total. The predicted molar refractivity (Wildman–Crippen MR) is 86.0 cm³/mol. The molecule has 1 aliphatic rings. The van der Waals surface area contributed by atoms with Crippen LogP contribution in [0.2, 0.25) is 0 Å². The van der Waals surface area contributed by atoms with E-state index in [4.69, 9.17) is 0 Å². The Balaban J connectivity index is 2.08. The van der Waals surface area contributed by atoms with Crippen molar-refractivity contribution in [3.63, 3.8) is 0 Å². The highest BCUT2D eigenvalue weighted by atomic mass is 32.2. The van der Waals surface area contributed by atoms with Crippen molar-refractivity contribution in [2.24, 2.45) is 0 Å². The van der Waals surface area contributed by atoms with Crippen molar-refractivity contribution < 1.29 is 17.8 Å². The first kappa shape index (κ1) is 17.2. The van der Waals surface area contributed by atoms with Crippen LogP contribution in [0.5, 0.6) is 0 Å². The van der Waals surface area contributed by atoms with Crippen LogP contribution in [0.15, 0.2) is 29.2 Å². The summed E-state index contributed by atoms with van der Waals surface area (Å²) in [5.74, 6) is -2.12. The molecule has 1 aromatic carbocycles. The van der Waals surface area contributed by atoms with Crippen molar-refractivity contribution in [1.82, 2.24) is 4.90 Å². The molecule has 0 aromatic heterocycles. The lowest BCUT2D eigenvalue weighted by atomic mass is 10.2. The van der Waals surface area contributed by atoms with Crippen LogP contribution in [0, 0.1) is 0 Å². The van der Waals surface area contributed by atoms with E-state index >= 15 is 0 Å². The maximum atomic E-state index is 12.5. The number of thioether (sulfide) groups is 1. The maximum absolute atomic E-state index is 12.5. The standard InChI is InChI=1S/C14H18F2N2O2S2/c1-14(2)9-18(7-8-22(14)20)13(19)17-10-5-3-4-6-11(10)21-12(15)16/h3-6,12H,7-9H2,1-2H3,(H,17,19)/t22-/m0/s1. The number of para-hydroxylation sites is 1. The van der Waals surface area contributed by atoms with Gasteiger partial charge in [0.15, 0.2) is 0 Å². The first-order valence-corrected chi connectivity index (χ1v) is 8.98. The number of carbonyl (C=O) groups excluding carboxylic acids is 1. The van der Waals surface area contributed by atoms with Crippen LogP contribution in [0.1, 0.15) is 13.8 Å². The van der Waals surface area contributed by atoms with Gasteiger partial charge in [-0.25, -0.2) is 4.79 Å². The number of hydrogen-bond donors (Lipinski definition) is 1. The van der Waals surface area contributed by atoms with Gasteiger partial charge in [-0.05, 0) is 26.0 Å². The predicted octanol–water partition coefficient (Wildman–Crippen LogP) is 3.38. The van der Waals surface area contributed by atoms with Crippen LogP contribution >= 0.6 is 11.8 Å². The Bertz CT molecular complexity index is 582. The molecular weight excluding hydrogens is 330 g/mol. The van der Waals surface area contributed by atoms with Gasteiger partial charge in [0.1, 0.15) is 0 Å². The summed E-state index contributed by atoms with van der Waals surface area (Å²) < 4.78 is 36.5. The smallest absolute Gasteiger partial charge is 0.321 e. The van der Waals surface area contributed by atoms with Crippen molar-refractivity contribution >= 4 is 34.3 Å². The van der Waals surface area contributed by atoms with Crippen molar-refractivity contribution in [2.75, 3.05) is 24.2 Å². The fourth-order valence-corrected chi connectivity index (χ4v) is 4.05. The Morgan fingerprint density at radius 1 is 1.41 bits per heavy atom. The van der Waals surface area contributed by atoms with E-state index in [0.29, 0.717) is 41.2 Å². The number of alkyl halides is 2. The molecule has 2 rings (SSSR count). The Labute approximate surface area is 135 Å². The van der Waals surface area contributed by atoms with Gasteiger partial charge >= 0.3 is 6.03 Å². The van der Waals surface area contributed by atoms with Crippen LogP contribution in [0.3, 0.4) is 0 Å². The quantitative estimate of drug-likeness (QED) is 0.852. The molecule has 0 aliphatic carbocycles. The van der Waals surface area contributed by atoms with E-state index in [1.54, 1.807) is 29.2 Å². The fraction of sp³-hybridized carbons (Fsp3) is 0.500. The van der Waals surface area contributed by atoms with Crippen LogP contribution in [0.25, 0.3) is 0 Å². The Morgan fingerprint density at radius 2 is 2.09 bits per heavy atom. The number of halogens is 2. The van der Waals surface area contributed by atoms with E-state index in [9.17, 15) is 17.8 Å². The molecule has 1 atom stereocenters. The Morgan fingerprint density at radius 3 is 2.73 bits per heavy atom. The molecule has 8 heteroatoms. The molecule has 1 fully saturated rings. The Kier molecular flexibility index (Phi) is 5.44. The highest BCUT2D eigenvalue weighted by Gasteiger charge is 2.35. The molecule has 0 bridgehead atoms. The van der Waals surface area contributed by atoms with E-state index in [0.717, 1.165) is 0 Å². The highest BCUT2D eigenvalue weighted by Crippen LogP contribution is 2.32. The summed E-state index contributed by atoms with van der Waals surface area (Å²) in [6.07, 6.45) is 0. The van der Waals surface area contributed by atoms with E-state index in [-0.39, 0.29) is 6.03 Å². The number of urea groups is 1. The largest absolute Gasteiger partial charge is 0.322 e. The first-order chi connectivity index (χ1) is 10.3. The normalized spacial score (nSPS) is 21.0. The van der Waals surface area contributed by atoms with Gasteiger partial charge < -0.3 is 10.2 Å². The first-order valence-electron chi connectivity index (χ1n) is 6.78. The molecule has 0 spiro atoms. The zero-order valence-corrected chi connectivity index (χ0v) is 14.0. The summed E-state index contributed by atoms with van der Waals surface area (Å²) in [5.41, 5.74) is 0.363. The van der Waals surface area contributed by atoms with E-state index in [1.165, 1.54) is 0 Å². The molecule has 0 radical (unpaired) electrons. The SMILES string of the molecule is CC1(C)CN(C(=O)Nc2ccccc2SC(F)F)CC[S@@]1=O. The minimum Gasteiger partial charge on any atom is -0.322 e. The third kappa shape index (κ3) is 4.19. The molecule has 2 amide bonds. The van der Waals surface area contributed by atoms with E-state index in [2.05, 4.69) is 5.32 Å². The number of carbonyl (C=O) groups is 1. The van der Waals surface area contributed by atoms with E-state index < -0.39 is 21.3 Å². The average Bonchev–Trinajstić information content (AvgIpc) is 2.43. The van der Waals surface area contributed by atoms with Gasteiger partial charge in [-0.3, -0.25) is 4.21 Å². The summed E-state index contributed by atoms with van der Waals surface area (Å²) in [4.78, 5) is 14.2. The van der Waals surface area contributed by atoms with Crippen molar-refractivity contribution in [3.8, 4) is 0 Å². The number of nitrogens with one attached hydrogen (secondary N) is 1. The van der Waals surface area contributed by atoms with Crippen LogP contribution in [-0.2, 0) is 10.8 Å². The molecule has 0 saturated carbocycles. The van der Waals surface area contributed by atoms with Crippen LogP contribution in [0.4, 0.5) is 19.3 Å². The van der Waals surface area contributed by atoms with E-state index in [1.807, 2.05) is 13.8 Å². The van der Waals surface area contributed by atoms with Gasteiger partial charge in [0, 0.05) is 34.5 Å². The summed E-state index contributed by atoms with van der Waals surface area (Å²) in [6.45, 7) is 4.47. The number of benzene rings is 1. The molecule has 22 heavy (non-hydrogen) atoms. The molecule has 1 saturated heterocycles. The second-order valence-corrected chi connectivity index (χ2v) is 8.77. The van der Waals surface area contributed by atoms with Crippen molar-refractivity contribution in [2.45, 2.75) is 29.2 Å². The molecule has 1 aliphatic heterocycles. The zero-order chi connectivity index (χ0) is 16.3. The van der Waals surface area contributed by atoms with Crippen molar-refractivity contribution in [1.29, 1.82) is 0 Å². The number of anilines is 1. The van der Waals surface area contributed by atoms with Gasteiger partial charge in [0.2, 0.25) is 0 Å². The molecule has 1 aromatic rings. The average molecular weight is 348 g/mol. The minimum absolute atomic E-state index is 0.325. The summed E-state index contributed by atoms with van der Waals surface area (Å²) >= 11 is 0.399. The third-order valence-electron chi connectivity index (χ3n) is 3.37. The zero-order valence-electron chi connectivity index (χ0n) is 12.3. The molecule has 4 nitrogen and oxygen atoms in total. The van der Waals surface area contributed by atoms with Crippen molar-refractivity contribution in [3.05, 3.63) is 24.3 Å². The lowest BCUT2D eigenvalue weighted by molar-refractivity contribution is 0.207. The molecular formula is C14H18F2N2O2S2. The van der Waals surface area contributed by atoms with Crippen LogP contribution < -0.4 is 5.32 Å². The fourth-order valence-electron chi connectivity index (χ4n) is 2.22.